The number of benzene rings is 1. The fraction of sp³-hybridized carbons (Fsp3) is 0.467. The van der Waals surface area contributed by atoms with E-state index in [-0.39, 0.29) is 0 Å². The van der Waals surface area contributed by atoms with Gasteiger partial charge in [0, 0.05) is 0 Å². The topological polar surface area (TPSA) is 0 Å². The van der Waals surface area contributed by atoms with Crippen molar-refractivity contribution in [2.45, 2.75) is 45.4 Å². The zero-order chi connectivity index (χ0) is 10.8. The van der Waals surface area contributed by atoms with Crippen LogP contribution in [0.4, 0.5) is 0 Å². The summed E-state index contributed by atoms with van der Waals surface area (Å²) in [6.45, 7) is 8.49. The molecule has 0 unspecified atom stereocenters. The molecule has 0 saturated heterocycles. The number of rotatable bonds is 1. The Morgan fingerprint density at radius 3 is 2.40 bits per heavy atom. The van der Waals surface area contributed by atoms with Crippen molar-refractivity contribution < 1.29 is 0 Å². The van der Waals surface area contributed by atoms with Crippen molar-refractivity contribution in [3.05, 3.63) is 47.0 Å². The zero-order valence-corrected chi connectivity index (χ0v) is 9.84. The molecule has 0 heterocycles. The highest BCUT2D eigenvalue weighted by Gasteiger charge is 2.18. The molecule has 1 fully saturated rings. The molecule has 0 bridgehead atoms. The van der Waals surface area contributed by atoms with Crippen LogP contribution in [0.2, 0.25) is 0 Å². The maximum Gasteiger partial charge on any atom is -0.0153 e. The summed E-state index contributed by atoms with van der Waals surface area (Å²) in [5.74, 6) is 0.774. The van der Waals surface area contributed by atoms with Gasteiger partial charge in [0.05, 0.1) is 0 Å². The molecule has 80 valence electrons. The molecule has 0 aliphatic heterocycles. The maximum atomic E-state index is 4.08. The Labute approximate surface area is 93.0 Å². The quantitative estimate of drug-likeness (QED) is 0.585. The molecular formula is C15H20. The summed E-state index contributed by atoms with van der Waals surface area (Å²) in [4.78, 5) is 0. The van der Waals surface area contributed by atoms with Gasteiger partial charge in [-0.05, 0) is 56.6 Å². The van der Waals surface area contributed by atoms with Gasteiger partial charge in [0.1, 0.15) is 0 Å². The van der Waals surface area contributed by atoms with Gasteiger partial charge in [0.2, 0.25) is 0 Å². The minimum Gasteiger partial charge on any atom is -0.0999 e. The predicted molar refractivity (Wildman–Crippen MR) is 66.3 cm³/mol. The first-order valence-electron chi connectivity index (χ1n) is 5.90. The third-order valence-corrected chi connectivity index (χ3v) is 3.56. The van der Waals surface area contributed by atoms with Gasteiger partial charge in [-0.1, -0.05) is 35.9 Å². The molecule has 0 radical (unpaired) electrons. The summed E-state index contributed by atoms with van der Waals surface area (Å²) >= 11 is 0. The SMILES string of the molecule is C=C1CCC(c2ccc(C)cc2C)CC1. The van der Waals surface area contributed by atoms with Crippen LogP contribution in [0.1, 0.15) is 48.3 Å². The van der Waals surface area contributed by atoms with E-state index in [1.807, 2.05) is 0 Å². The molecule has 1 aliphatic carbocycles. The maximum absolute atomic E-state index is 4.08. The van der Waals surface area contributed by atoms with Crippen LogP contribution in [-0.2, 0) is 0 Å². The molecule has 0 aromatic heterocycles. The molecule has 1 aromatic carbocycles. The minimum absolute atomic E-state index is 0.774. The summed E-state index contributed by atoms with van der Waals surface area (Å²) < 4.78 is 0. The lowest BCUT2D eigenvalue weighted by Crippen LogP contribution is -2.07. The van der Waals surface area contributed by atoms with Crippen LogP contribution in [0.15, 0.2) is 30.4 Å². The number of allylic oxidation sites excluding steroid dienone is 1. The standard InChI is InChI=1S/C15H20/c1-11-4-7-14(8-5-11)15-9-6-12(2)10-13(15)3/h6,9-10,14H,1,4-5,7-8H2,2-3H3. The van der Waals surface area contributed by atoms with Crippen molar-refractivity contribution in [3.8, 4) is 0 Å². The Balaban J connectivity index is 2.19. The van der Waals surface area contributed by atoms with Crippen molar-refractivity contribution >= 4 is 0 Å². The summed E-state index contributed by atoms with van der Waals surface area (Å²) in [6, 6.07) is 6.87. The van der Waals surface area contributed by atoms with E-state index < -0.39 is 0 Å². The second kappa shape index (κ2) is 4.22. The van der Waals surface area contributed by atoms with Gasteiger partial charge >= 0.3 is 0 Å². The van der Waals surface area contributed by atoms with E-state index in [9.17, 15) is 0 Å². The van der Waals surface area contributed by atoms with E-state index in [1.165, 1.54) is 42.4 Å². The highest BCUT2D eigenvalue weighted by atomic mass is 14.2. The summed E-state index contributed by atoms with van der Waals surface area (Å²) in [7, 11) is 0. The second-order valence-electron chi connectivity index (χ2n) is 4.88. The molecule has 2 rings (SSSR count). The van der Waals surface area contributed by atoms with Crippen molar-refractivity contribution in [1.29, 1.82) is 0 Å². The van der Waals surface area contributed by atoms with Gasteiger partial charge in [-0.3, -0.25) is 0 Å². The molecule has 1 saturated carbocycles. The smallest absolute Gasteiger partial charge is 0.0153 e. The van der Waals surface area contributed by atoms with Crippen molar-refractivity contribution in [2.24, 2.45) is 0 Å². The molecule has 0 amide bonds. The Morgan fingerprint density at radius 2 is 1.80 bits per heavy atom. The van der Waals surface area contributed by atoms with Gasteiger partial charge < -0.3 is 0 Å². The number of hydrogen-bond donors (Lipinski definition) is 0. The van der Waals surface area contributed by atoms with Gasteiger partial charge in [-0.25, -0.2) is 0 Å². The van der Waals surface area contributed by atoms with Crippen molar-refractivity contribution in [2.75, 3.05) is 0 Å². The lowest BCUT2D eigenvalue weighted by molar-refractivity contribution is 0.516. The predicted octanol–water partition coefficient (Wildman–Crippen LogP) is 4.52. The van der Waals surface area contributed by atoms with Crippen LogP contribution in [0, 0.1) is 13.8 Å². The lowest BCUT2D eigenvalue weighted by Gasteiger charge is -2.25. The zero-order valence-electron chi connectivity index (χ0n) is 9.84. The molecule has 0 nitrogen and oxygen atoms in total. The molecule has 1 aliphatic rings. The van der Waals surface area contributed by atoms with E-state index in [0.29, 0.717) is 0 Å². The summed E-state index contributed by atoms with van der Waals surface area (Å²) in [5.41, 5.74) is 5.84. The molecule has 0 heteroatoms. The van der Waals surface area contributed by atoms with E-state index in [2.05, 4.69) is 38.6 Å². The Hall–Kier alpha value is -1.04. The monoisotopic (exact) mass is 200 g/mol. The van der Waals surface area contributed by atoms with E-state index in [1.54, 1.807) is 5.56 Å². The normalized spacial score (nSPS) is 18.1. The van der Waals surface area contributed by atoms with E-state index in [0.717, 1.165) is 5.92 Å². The van der Waals surface area contributed by atoms with Crippen LogP contribution in [-0.4, -0.2) is 0 Å². The third-order valence-electron chi connectivity index (χ3n) is 3.56. The highest BCUT2D eigenvalue weighted by Crippen LogP contribution is 2.36. The molecule has 15 heavy (non-hydrogen) atoms. The Kier molecular flexibility index (Phi) is 2.95. The lowest BCUT2D eigenvalue weighted by atomic mass is 9.80. The fourth-order valence-corrected chi connectivity index (χ4v) is 2.62. The van der Waals surface area contributed by atoms with Gasteiger partial charge in [0.25, 0.3) is 0 Å². The van der Waals surface area contributed by atoms with Gasteiger partial charge in [0.15, 0.2) is 0 Å². The first kappa shape index (κ1) is 10.5. The molecule has 0 spiro atoms. The van der Waals surface area contributed by atoms with Crippen molar-refractivity contribution in [3.63, 3.8) is 0 Å². The number of aryl methyl sites for hydroxylation is 2. The fourth-order valence-electron chi connectivity index (χ4n) is 2.62. The summed E-state index contributed by atoms with van der Waals surface area (Å²) in [5, 5.41) is 0. The minimum atomic E-state index is 0.774. The van der Waals surface area contributed by atoms with Crippen LogP contribution in [0.25, 0.3) is 0 Å². The van der Waals surface area contributed by atoms with Crippen LogP contribution >= 0.6 is 0 Å². The van der Waals surface area contributed by atoms with Crippen molar-refractivity contribution in [1.82, 2.24) is 0 Å². The van der Waals surface area contributed by atoms with Crippen LogP contribution < -0.4 is 0 Å². The Morgan fingerprint density at radius 1 is 1.13 bits per heavy atom. The molecule has 0 N–H and O–H groups in total. The van der Waals surface area contributed by atoms with Crippen LogP contribution in [0.5, 0.6) is 0 Å². The molecular weight excluding hydrogens is 180 g/mol. The van der Waals surface area contributed by atoms with E-state index in [4.69, 9.17) is 0 Å². The average molecular weight is 200 g/mol. The number of hydrogen-bond acceptors (Lipinski definition) is 0. The molecule has 0 atom stereocenters. The highest BCUT2D eigenvalue weighted by molar-refractivity contribution is 5.33. The third kappa shape index (κ3) is 2.31. The van der Waals surface area contributed by atoms with Gasteiger partial charge in [-0.2, -0.15) is 0 Å². The first-order chi connectivity index (χ1) is 7.16. The van der Waals surface area contributed by atoms with Gasteiger partial charge in [-0.15, -0.1) is 0 Å². The van der Waals surface area contributed by atoms with E-state index >= 15 is 0 Å². The first-order valence-corrected chi connectivity index (χ1v) is 5.90. The van der Waals surface area contributed by atoms with Crippen LogP contribution in [0.3, 0.4) is 0 Å². The Bertz CT molecular complexity index is 364. The average Bonchev–Trinajstić information content (AvgIpc) is 2.20. The largest absolute Gasteiger partial charge is 0.0999 e. The molecule has 1 aromatic rings. The second-order valence-corrected chi connectivity index (χ2v) is 4.88. The summed E-state index contributed by atoms with van der Waals surface area (Å²) in [6.07, 6.45) is 5.03.